The quantitative estimate of drug-likeness (QED) is 0.695. The van der Waals surface area contributed by atoms with Crippen LogP contribution in [0, 0.1) is 0 Å². The van der Waals surface area contributed by atoms with Gasteiger partial charge in [0.25, 0.3) is 0 Å². The second-order valence-electron chi connectivity index (χ2n) is 7.26. The highest BCUT2D eigenvalue weighted by Crippen LogP contribution is 2.42. The Morgan fingerprint density at radius 1 is 0.955 bits per heavy atom. The summed E-state index contributed by atoms with van der Waals surface area (Å²) in [6, 6.07) is 7.25. The van der Waals surface area contributed by atoms with Crippen LogP contribution >= 0.6 is 0 Å². The van der Waals surface area contributed by atoms with Crippen molar-refractivity contribution in [2.45, 2.75) is 70.6 Å². The molecule has 1 aromatic carbocycles. The van der Waals surface area contributed by atoms with Gasteiger partial charge in [0.1, 0.15) is 5.75 Å². The summed E-state index contributed by atoms with van der Waals surface area (Å²) in [4.78, 5) is 0. The van der Waals surface area contributed by atoms with Gasteiger partial charge in [-0.1, -0.05) is 53.7 Å². The van der Waals surface area contributed by atoms with Gasteiger partial charge in [0, 0.05) is 12.6 Å². The summed E-state index contributed by atoms with van der Waals surface area (Å²) < 4.78 is 6.54. The fourth-order valence-corrected chi connectivity index (χ4v) is 9.25. The largest absolute Gasteiger partial charge is 0.508 e. The fourth-order valence-electron chi connectivity index (χ4n) is 3.75. The van der Waals surface area contributed by atoms with E-state index in [1.54, 1.807) is 12.1 Å². The molecule has 4 heteroatoms. The minimum atomic E-state index is -1.84. The van der Waals surface area contributed by atoms with Gasteiger partial charge >= 0.3 is 0 Å². The molecular formula is C18H33NO2Si. The SMILES string of the molecule is CC(C)[Si](OCC(N)Cc1ccc(O)cc1)(C(C)C)C(C)C. The van der Waals surface area contributed by atoms with Crippen molar-refractivity contribution in [2.75, 3.05) is 6.61 Å². The Balaban J connectivity index is 2.70. The maximum Gasteiger partial charge on any atom is 0.200 e. The average molecular weight is 324 g/mol. The third-order valence-corrected chi connectivity index (χ3v) is 10.8. The Morgan fingerprint density at radius 3 is 1.82 bits per heavy atom. The fraction of sp³-hybridized carbons (Fsp3) is 0.667. The number of hydrogen-bond donors (Lipinski definition) is 2. The van der Waals surface area contributed by atoms with Gasteiger partial charge in [-0.2, -0.15) is 0 Å². The topological polar surface area (TPSA) is 55.5 Å². The zero-order chi connectivity index (χ0) is 16.9. The summed E-state index contributed by atoms with van der Waals surface area (Å²) in [5, 5.41) is 9.33. The molecular weight excluding hydrogens is 290 g/mol. The lowest BCUT2D eigenvalue weighted by molar-refractivity contribution is 0.253. The van der Waals surface area contributed by atoms with Gasteiger partial charge < -0.3 is 15.3 Å². The van der Waals surface area contributed by atoms with E-state index in [-0.39, 0.29) is 6.04 Å². The summed E-state index contributed by atoms with van der Waals surface area (Å²) in [5.41, 5.74) is 9.16. The Kier molecular flexibility index (Phi) is 7.10. The van der Waals surface area contributed by atoms with E-state index < -0.39 is 8.32 Å². The molecule has 1 unspecified atom stereocenters. The number of aromatic hydroxyl groups is 1. The van der Waals surface area contributed by atoms with E-state index in [1.165, 1.54) is 0 Å². The summed E-state index contributed by atoms with van der Waals surface area (Å²) in [7, 11) is -1.84. The molecule has 0 amide bonds. The second-order valence-corrected chi connectivity index (χ2v) is 12.7. The van der Waals surface area contributed by atoms with Crippen LogP contribution in [-0.2, 0) is 10.8 Å². The van der Waals surface area contributed by atoms with Crippen molar-refractivity contribution >= 4 is 8.32 Å². The van der Waals surface area contributed by atoms with Crippen LogP contribution in [0.15, 0.2) is 24.3 Å². The van der Waals surface area contributed by atoms with Gasteiger partial charge in [-0.15, -0.1) is 0 Å². The molecule has 1 atom stereocenters. The lowest BCUT2D eigenvalue weighted by Crippen LogP contribution is -2.50. The maximum atomic E-state index is 9.33. The van der Waals surface area contributed by atoms with Crippen molar-refractivity contribution < 1.29 is 9.53 Å². The van der Waals surface area contributed by atoms with Crippen molar-refractivity contribution in [1.82, 2.24) is 0 Å². The van der Waals surface area contributed by atoms with E-state index in [0.29, 0.717) is 29.0 Å². The molecule has 0 heterocycles. The van der Waals surface area contributed by atoms with Crippen molar-refractivity contribution in [3.8, 4) is 5.75 Å². The molecule has 0 aromatic heterocycles. The predicted octanol–water partition coefficient (Wildman–Crippen LogP) is 4.45. The van der Waals surface area contributed by atoms with E-state index in [9.17, 15) is 5.11 Å². The van der Waals surface area contributed by atoms with Crippen LogP contribution in [0.3, 0.4) is 0 Å². The van der Waals surface area contributed by atoms with Crippen molar-refractivity contribution in [2.24, 2.45) is 5.73 Å². The first-order valence-electron chi connectivity index (χ1n) is 8.37. The third kappa shape index (κ3) is 4.57. The number of hydrogen-bond acceptors (Lipinski definition) is 3. The Morgan fingerprint density at radius 2 is 1.41 bits per heavy atom. The highest BCUT2D eigenvalue weighted by Gasteiger charge is 2.45. The molecule has 0 aliphatic carbocycles. The monoisotopic (exact) mass is 323 g/mol. The molecule has 0 radical (unpaired) electrons. The summed E-state index contributed by atoms with van der Waals surface area (Å²) in [6.45, 7) is 14.3. The van der Waals surface area contributed by atoms with E-state index >= 15 is 0 Å². The maximum absolute atomic E-state index is 9.33. The molecule has 0 saturated heterocycles. The van der Waals surface area contributed by atoms with E-state index in [1.807, 2.05) is 12.1 Å². The predicted molar refractivity (Wildman–Crippen MR) is 96.8 cm³/mol. The Hall–Kier alpha value is -0.843. The molecule has 0 aliphatic heterocycles. The zero-order valence-electron chi connectivity index (χ0n) is 15.0. The zero-order valence-corrected chi connectivity index (χ0v) is 16.0. The molecule has 0 fully saturated rings. The first-order chi connectivity index (χ1) is 10.2. The van der Waals surface area contributed by atoms with E-state index in [0.717, 1.165) is 12.0 Å². The van der Waals surface area contributed by atoms with Crippen LogP contribution in [-0.4, -0.2) is 26.1 Å². The van der Waals surface area contributed by atoms with Crippen LogP contribution in [0.5, 0.6) is 5.75 Å². The number of phenolic OH excluding ortho intramolecular Hbond substituents is 1. The first-order valence-corrected chi connectivity index (χ1v) is 10.5. The van der Waals surface area contributed by atoms with Gasteiger partial charge in [-0.05, 0) is 40.7 Å². The second kappa shape index (κ2) is 8.13. The van der Waals surface area contributed by atoms with Crippen molar-refractivity contribution in [1.29, 1.82) is 0 Å². The molecule has 3 nitrogen and oxygen atoms in total. The number of benzene rings is 1. The molecule has 1 aromatic rings. The molecule has 22 heavy (non-hydrogen) atoms. The average Bonchev–Trinajstić information content (AvgIpc) is 2.40. The van der Waals surface area contributed by atoms with Gasteiger partial charge in [-0.25, -0.2) is 0 Å². The molecule has 126 valence electrons. The molecule has 3 N–H and O–H groups in total. The van der Waals surface area contributed by atoms with Crippen LogP contribution in [0.2, 0.25) is 16.6 Å². The molecule has 0 aliphatic rings. The van der Waals surface area contributed by atoms with E-state index in [4.69, 9.17) is 10.2 Å². The van der Waals surface area contributed by atoms with Crippen LogP contribution in [0.4, 0.5) is 0 Å². The van der Waals surface area contributed by atoms with Crippen molar-refractivity contribution in [3.05, 3.63) is 29.8 Å². The summed E-state index contributed by atoms with van der Waals surface area (Å²) in [6.07, 6.45) is 0.777. The normalized spacial score (nSPS) is 14.1. The molecule has 0 saturated carbocycles. The van der Waals surface area contributed by atoms with Crippen LogP contribution in [0.25, 0.3) is 0 Å². The van der Waals surface area contributed by atoms with Crippen LogP contribution < -0.4 is 5.73 Å². The van der Waals surface area contributed by atoms with Gasteiger partial charge in [0.05, 0.1) is 0 Å². The Bertz CT molecular complexity index is 421. The van der Waals surface area contributed by atoms with Gasteiger partial charge in [0.15, 0.2) is 8.32 Å². The highest BCUT2D eigenvalue weighted by molar-refractivity contribution is 6.77. The van der Waals surface area contributed by atoms with Crippen LogP contribution in [0.1, 0.15) is 47.1 Å². The standard InChI is InChI=1S/C18H33NO2Si/c1-13(2)22(14(3)4,15(5)6)21-12-17(19)11-16-7-9-18(20)10-8-16/h7-10,13-15,17,20H,11-12,19H2,1-6H3. The smallest absolute Gasteiger partial charge is 0.200 e. The molecule has 0 bridgehead atoms. The lowest BCUT2D eigenvalue weighted by Gasteiger charge is -2.42. The number of nitrogens with two attached hydrogens (primary N) is 1. The van der Waals surface area contributed by atoms with Gasteiger partial charge in [-0.3, -0.25) is 0 Å². The summed E-state index contributed by atoms with van der Waals surface area (Å²) in [5.74, 6) is 0.291. The third-order valence-electron chi connectivity index (χ3n) is 4.69. The highest BCUT2D eigenvalue weighted by atomic mass is 28.4. The molecule has 1 rings (SSSR count). The molecule has 0 spiro atoms. The van der Waals surface area contributed by atoms with Gasteiger partial charge in [0.2, 0.25) is 0 Å². The lowest BCUT2D eigenvalue weighted by atomic mass is 10.1. The Labute approximate surface area is 137 Å². The van der Waals surface area contributed by atoms with Crippen molar-refractivity contribution in [3.63, 3.8) is 0 Å². The first kappa shape index (κ1) is 19.2. The summed E-state index contributed by atoms with van der Waals surface area (Å²) >= 11 is 0. The minimum absolute atomic E-state index is 0.00679. The van der Waals surface area contributed by atoms with E-state index in [2.05, 4.69) is 41.5 Å². The number of phenols is 1. The number of rotatable bonds is 8. The minimum Gasteiger partial charge on any atom is -0.508 e.